The van der Waals surface area contributed by atoms with E-state index in [0.717, 1.165) is 24.9 Å². The molecule has 2 aliphatic rings. The minimum Gasteiger partial charge on any atom is -0.385 e. The summed E-state index contributed by atoms with van der Waals surface area (Å²) >= 11 is 0. The molecule has 2 saturated heterocycles. The molecule has 3 rings (SSSR count). The van der Waals surface area contributed by atoms with Crippen LogP contribution in [0.25, 0.3) is 0 Å². The molecule has 0 amide bonds. The Morgan fingerprint density at radius 1 is 1.12 bits per heavy atom. The second kappa shape index (κ2) is 4.43. The maximum atomic E-state index is 10.9. The average molecular weight is 231 g/mol. The van der Waals surface area contributed by atoms with Crippen molar-refractivity contribution in [3.63, 3.8) is 0 Å². The highest BCUT2D eigenvalue weighted by Gasteiger charge is 2.39. The third-order valence-electron chi connectivity index (χ3n) is 4.45. The fourth-order valence-electron chi connectivity index (χ4n) is 3.42. The second-order valence-corrected chi connectivity index (χ2v) is 5.54. The normalized spacial score (nSPS) is 34.3. The zero-order chi connectivity index (χ0) is 11.7. The number of hydrogen-bond donors (Lipinski definition) is 1. The minimum absolute atomic E-state index is 0.584. The standard InChI is InChI=1S/C15H21NO/c17-15(13-6-2-1-3-7-13)9-11-16-10-5-4-8-14(16)12-15/h1-3,6-7,14,17H,4-5,8-12H2/t14-,15-/m1/s1. The van der Waals surface area contributed by atoms with Gasteiger partial charge in [-0.2, -0.15) is 0 Å². The molecule has 1 aromatic rings. The van der Waals surface area contributed by atoms with E-state index in [1.54, 1.807) is 0 Å². The molecule has 0 aromatic heterocycles. The third kappa shape index (κ3) is 2.12. The van der Waals surface area contributed by atoms with Crippen LogP contribution in [0.2, 0.25) is 0 Å². The number of benzene rings is 1. The van der Waals surface area contributed by atoms with Crippen LogP contribution in [0.4, 0.5) is 0 Å². The summed E-state index contributed by atoms with van der Waals surface area (Å²) in [5.74, 6) is 0. The second-order valence-electron chi connectivity index (χ2n) is 5.54. The van der Waals surface area contributed by atoms with Gasteiger partial charge in [-0.15, -0.1) is 0 Å². The number of fused-ring (bicyclic) bond motifs is 1. The topological polar surface area (TPSA) is 23.5 Å². The Bertz CT molecular complexity index is 378. The van der Waals surface area contributed by atoms with E-state index in [9.17, 15) is 5.11 Å². The molecule has 2 heteroatoms. The van der Waals surface area contributed by atoms with Crippen molar-refractivity contribution >= 4 is 0 Å². The molecule has 0 spiro atoms. The molecular formula is C15H21NO. The fourth-order valence-corrected chi connectivity index (χ4v) is 3.42. The van der Waals surface area contributed by atoms with Crippen LogP contribution in [0.1, 0.15) is 37.7 Å². The Hall–Kier alpha value is -0.860. The van der Waals surface area contributed by atoms with E-state index in [1.165, 1.54) is 25.8 Å². The molecule has 1 N–H and O–H groups in total. The summed E-state index contributed by atoms with van der Waals surface area (Å²) in [4.78, 5) is 2.57. The molecule has 2 aliphatic heterocycles. The molecule has 0 aliphatic carbocycles. The highest BCUT2D eigenvalue weighted by atomic mass is 16.3. The first kappa shape index (κ1) is 11.2. The van der Waals surface area contributed by atoms with Gasteiger partial charge >= 0.3 is 0 Å². The molecule has 0 unspecified atom stereocenters. The van der Waals surface area contributed by atoms with Crippen LogP contribution in [-0.2, 0) is 5.60 Å². The smallest absolute Gasteiger partial charge is 0.0923 e. The highest BCUT2D eigenvalue weighted by Crippen LogP contribution is 2.38. The lowest BCUT2D eigenvalue weighted by Crippen LogP contribution is -2.50. The molecule has 2 heterocycles. The Labute approximate surface area is 103 Å². The minimum atomic E-state index is -0.584. The van der Waals surface area contributed by atoms with Gasteiger partial charge < -0.3 is 10.0 Å². The number of piperidine rings is 2. The molecule has 17 heavy (non-hydrogen) atoms. The van der Waals surface area contributed by atoms with Crippen LogP contribution in [0, 0.1) is 0 Å². The predicted octanol–water partition coefficient (Wildman–Crippen LogP) is 2.52. The number of aliphatic hydroxyl groups is 1. The van der Waals surface area contributed by atoms with Crippen molar-refractivity contribution in [2.75, 3.05) is 13.1 Å². The number of hydrogen-bond acceptors (Lipinski definition) is 2. The van der Waals surface area contributed by atoms with Crippen molar-refractivity contribution < 1.29 is 5.11 Å². The zero-order valence-electron chi connectivity index (χ0n) is 10.3. The molecule has 0 bridgehead atoms. The van der Waals surface area contributed by atoms with E-state index in [1.807, 2.05) is 18.2 Å². The Morgan fingerprint density at radius 2 is 1.94 bits per heavy atom. The van der Waals surface area contributed by atoms with E-state index < -0.39 is 5.60 Å². The van der Waals surface area contributed by atoms with Crippen molar-refractivity contribution in [1.82, 2.24) is 4.90 Å². The largest absolute Gasteiger partial charge is 0.385 e. The summed E-state index contributed by atoms with van der Waals surface area (Å²) in [7, 11) is 0. The molecule has 2 fully saturated rings. The number of nitrogens with zero attached hydrogens (tertiary/aromatic N) is 1. The Balaban J connectivity index is 1.80. The van der Waals surface area contributed by atoms with E-state index in [0.29, 0.717) is 6.04 Å². The van der Waals surface area contributed by atoms with Crippen LogP contribution in [0.3, 0.4) is 0 Å². The van der Waals surface area contributed by atoms with E-state index in [2.05, 4.69) is 17.0 Å². The van der Waals surface area contributed by atoms with Crippen molar-refractivity contribution in [3.8, 4) is 0 Å². The van der Waals surface area contributed by atoms with Gasteiger partial charge in [0.05, 0.1) is 5.60 Å². The van der Waals surface area contributed by atoms with Crippen molar-refractivity contribution in [2.45, 2.75) is 43.7 Å². The summed E-state index contributed by atoms with van der Waals surface area (Å²) < 4.78 is 0. The van der Waals surface area contributed by atoms with Gasteiger partial charge in [0.1, 0.15) is 0 Å². The molecular weight excluding hydrogens is 210 g/mol. The number of rotatable bonds is 1. The van der Waals surface area contributed by atoms with Crippen molar-refractivity contribution in [3.05, 3.63) is 35.9 Å². The first-order valence-corrected chi connectivity index (χ1v) is 6.80. The molecule has 0 saturated carbocycles. The van der Waals surface area contributed by atoms with Gasteiger partial charge in [0, 0.05) is 12.6 Å². The lowest BCUT2D eigenvalue weighted by Gasteiger charge is -2.46. The first-order chi connectivity index (χ1) is 8.28. The van der Waals surface area contributed by atoms with Gasteiger partial charge in [-0.05, 0) is 37.8 Å². The summed E-state index contributed by atoms with van der Waals surface area (Å²) in [5.41, 5.74) is 0.518. The first-order valence-electron chi connectivity index (χ1n) is 6.80. The molecule has 2 atom stereocenters. The van der Waals surface area contributed by atoms with Gasteiger partial charge in [0.15, 0.2) is 0 Å². The average Bonchev–Trinajstić information content (AvgIpc) is 2.40. The summed E-state index contributed by atoms with van der Waals surface area (Å²) in [6, 6.07) is 10.8. The fraction of sp³-hybridized carbons (Fsp3) is 0.600. The van der Waals surface area contributed by atoms with Crippen LogP contribution in [0.5, 0.6) is 0 Å². The predicted molar refractivity (Wildman–Crippen MR) is 68.8 cm³/mol. The molecule has 92 valence electrons. The van der Waals surface area contributed by atoms with Gasteiger partial charge in [-0.3, -0.25) is 0 Å². The van der Waals surface area contributed by atoms with Gasteiger partial charge in [-0.25, -0.2) is 0 Å². The van der Waals surface area contributed by atoms with Gasteiger partial charge in [-0.1, -0.05) is 36.8 Å². The SMILES string of the molecule is O[C@]1(c2ccccc2)CCN2CCCC[C@@H]2C1. The quantitative estimate of drug-likeness (QED) is 0.803. The van der Waals surface area contributed by atoms with Crippen LogP contribution >= 0.6 is 0 Å². The van der Waals surface area contributed by atoms with E-state index in [-0.39, 0.29) is 0 Å². The van der Waals surface area contributed by atoms with E-state index >= 15 is 0 Å². The van der Waals surface area contributed by atoms with Crippen molar-refractivity contribution in [1.29, 1.82) is 0 Å². The molecule has 0 radical (unpaired) electrons. The summed E-state index contributed by atoms with van der Waals surface area (Å²) in [6.07, 6.45) is 5.71. The zero-order valence-corrected chi connectivity index (χ0v) is 10.3. The maximum absolute atomic E-state index is 10.9. The van der Waals surface area contributed by atoms with Gasteiger partial charge in [0.25, 0.3) is 0 Å². The third-order valence-corrected chi connectivity index (χ3v) is 4.45. The monoisotopic (exact) mass is 231 g/mol. The summed E-state index contributed by atoms with van der Waals surface area (Å²) in [6.45, 7) is 2.28. The highest BCUT2D eigenvalue weighted by molar-refractivity contribution is 5.23. The van der Waals surface area contributed by atoms with Crippen LogP contribution < -0.4 is 0 Å². The molecule has 1 aromatic carbocycles. The lowest BCUT2D eigenvalue weighted by atomic mass is 9.78. The Morgan fingerprint density at radius 3 is 2.76 bits per heavy atom. The van der Waals surface area contributed by atoms with Crippen molar-refractivity contribution in [2.24, 2.45) is 0 Å². The molecule has 2 nitrogen and oxygen atoms in total. The van der Waals surface area contributed by atoms with Gasteiger partial charge in [0.2, 0.25) is 0 Å². The van der Waals surface area contributed by atoms with Crippen LogP contribution in [-0.4, -0.2) is 29.1 Å². The Kier molecular flexibility index (Phi) is 2.93. The van der Waals surface area contributed by atoms with Crippen LogP contribution in [0.15, 0.2) is 30.3 Å². The lowest BCUT2D eigenvalue weighted by molar-refractivity contribution is -0.0611. The summed E-state index contributed by atoms with van der Waals surface area (Å²) in [5, 5.41) is 10.9. The van der Waals surface area contributed by atoms with E-state index in [4.69, 9.17) is 0 Å². The maximum Gasteiger partial charge on any atom is 0.0923 e.